The lowest BCUT2D eigenvalue weighted by atomic mass is 10.1. The average molecular weight is 450 g/mol. The zero-order valence-corrected chi connectivity index (χ0v) is 18.5. The van der Waals surface area contributed by atoms with E-state index in [-0.39, 0.29) is 29.7 Å². The first-order chi connectivity index (χ1) is 13.9. The molecule has 2 aromatic heterocycles. The molecule has 7 nitrogen and oxygen atoms in total. The fourth-order valence-electron chi connectivity index (χ4n) is 2.58. The van der Waals surface area contributed by atoms with E-state index >= 15 is 0 Å². The van der Waals surface area contributed by atoms with Crippen molar-refractivity contribution in [3.05, 3.63) is 40.3 Å². The van der Waals surface area contributed by atoms with Crippen molar-refractivity contribution < 1.29 is 19.1 Å². The van der Waals surface area contributed by atoms with Crippen LogP contribution in [0.25, 0.3) is 10.2 Å². The van der Waals surface area contributed by atoms with Crippen LogP contribution in [0, 0.1) is 6.92 Å². The highest BCUT2D eigenvalue weighted by Gasteiger charge is 2.26. The lowest BCUT2D eigenvalue weighted by molar-refractivity contribution is -0.113. The number of benzene rings is 1. The number of carbonyl (C=O) groups is 3. The van der Waals surface area contributed by atoms with E-state index in [1.54, 1.807) is 13.8 Å². The monoisotopic (exact) mass is 449 g/mol. The number of thiazole rings is 1. The van der Waals surface area contributed by atoms with Gasteiger partial charge in [0, 0.05) is 7.05 Å². The molecule has 29 heavy (non-hydrogen) atoms. The van der Waals surface area contributed by atoms with E-state index in [2.05, 4.69) is 15.6 Å². The summed E-state index contributed by atoms with van der Waals surface area (Å²) in [6.45, 7) is 3.56. The van der Waals surface area contributed by atoms with Gasteiger partial charge in [0.1, 0.15) is 5.00 Å². The maximum absolute atomic E-state index is 12.5. The Morgan fingerprint density at radius 2 is 1.97 bits per heavy atom. The van der Waals surface area contributed by atoms with Crippen molar-refractivity contribution >= 4 is 67.4 Å². The van der Waals surface area contributed by atoms with E-state index in [0.29, 0.717) is 15.4 Å². The molecule has 0 unspecified atom stereocenters. The summed E-state index contributed by atoms with van der Waals surface area (Å²) in [7, 11) is 1.51. The van der Waals surface area contributed by atoms with Crippen molar-refractivity contribution in [3.63, 3.8) is 0 Å². The van der Waals surface area contributed by atoms with E-state index in [4.69, 9.17) is 4.74 Å². The highest BCUT2D eigenvalue weighted by molar-refractivity contribution is 8.01. The lowest BCUT2D eigenvalue weighted by Crippen LogP contribution is -2.18. The number of esters is 1. The van der Waals surface area contributed by atoms with Gasteiger partial charge in [-0.05, 0) is 31.5 Å². The van der Waals surface area contributed by atoms with Crippen LogP contribution in [0.15, 0.2) is 28.6 Å². The van der Waals surface area contributed by atoms with E-state index in [0.717, 1.165) is 25.9 Å². The molecule has 1 aromatic carbocycles. The Balaban J connectivity index is 1.75. The van der Waals surface area contributed by atoms with Crippen LogP contribution >= 0.6 is 34.4 Å². The molecular formula is C19H19N3O4S3. The van der Waals surface area contributed by atoms with Gasteiger partial charge < -0.3 is 15.4 Å². The number of amides is 2. The van der Waals surface area contributed by atoms with Crippen LogP contribution in [0.2, 0.25) is 0 Å². The number of nitrogens with zero attached hydrogens (tertiary/aromatic N) is 1. The molecule has 10 heteroatoms. The van der Waals surface area contributed by atoms with Crippen molar-refractivity contribution in [1.82, 2.24) is 10.3 Å². The van der Waals surface area contributed by atoms with Gasteiger partial charge in [0.2, 0.25) is 5.91 Å². The molecule has 3 rings (SSSR count). The summed E-state index contributed by atoms with van der Waals surface area (Å²) in [5.74, 6) is -1.04. The maximum atomic E-state index is 12.5. The number of thioether (sulfide) groups is 1. The van der Waals surface area contributed by atoms with E-state index in [1.807, 2.05) is 24.3 Å². The van der Waals surface area contributed by atoms with Crippen LogP contribution < -0.4 is 10.6 Å². The highest BCUT2D eigenvalue weighted by Crippen LogP contribution is 2.34. The maximum Gasteiger partial charge on any atom is 0.341 e. The van der Waals surface area contributed by atoms with Crippen molar-refractivity contribution in [2.24, 2.45) is 0 Å². The molecule has 2 N–H and O–H groups in total. The molecule has 0 aliphatic heterocycles. The van der Waals surface area contributed by atoms with Crippen LogP contribution in [-0.4, -0.2) is 42.2 Å². The molecule has 0 atom stereocenters. The van der Waals surface area contributed by atoms with Gasteiger partial charge in [-0.1, -0.05) is 23.9 Å². The quantitative estimate of drug-likeness (QED) is 0.419. The molecule has 3 aromatic rings. The molecule has 0 saturated heterocycles. The molecule has 0 fully saturated rings. The fraction of sp³-hybridized carbons (Fsp3) is 0.263. The summed E-state index contributed by atoms with van der Waals surface area (Å²) in [6.07, 6.45) is 0. The fourth-order valence-corrected chi connectivity index (χ4v) is 5.61. The molecular weight excluding hydrogens is 430 g/mol. The van der Waals surface area contributed by atoms with Crippen LogP contribution in [0.3, 0.4) is 0 Å². The van der Waals surface area contributed by atoms with Crippen molar-refractivity contribution in [2.75, 3.05) is 24.7 Å². The second kappa shape index (κ2) is 9.38. The Kier molecular flexibility index (Phi) is 6.88. The number of thiophene rings is 1. The van der Waals surface area contributed by atoms with Crippen molar-refractivity contribution in [2.45, 2.75) is 18.2 Å². The van der Waals surface area contributed by atoms with Crippen LogP contribution in [0.1, 0.15) is 32.5 Å². The van der Waals surface area contributed by atoms with Crippen molar-refractivity contribution in [3.8, 4) is 0 Å². The Bertz CT molecular complexity index is 1040. The second-order valence-electron chi connectivity index (χ2n) is 5.84. The number of para-hydroxylation sites is 1. The normalized spacial score (nSPS) is 10.7. The Labute approximate surface area is 179 Å². The number of rotatable bonds is 7. The number of aromatic nitrogens is 1. The molecule has 2 heterocycles. The minimum Gasteiger partial charge on any atom is -0.462 e. The topological polar surface area (TPSA) is 97.4 Å². The van der Waals surface area contributed by atoms with Crippen LogP contribution in [0.5, 0.6) is 0 Å². The standard InChI is InChI=1S/C19H19N3O4S3/c1-4-26-18(25)14-10(2)15(16(24)20-3)29-17(14)22-13(23)9-27-19-21-11-7-5-6-8-12(11)28-19/h5-8H,4,9H2,1-3H3,(H,20,24)(H,22,23). The smallest absolute Gasteiger partial charge is 0.341 e. The van der Waals surface area contributed by atoms with Gasteiger partial charge in [-0.25, -0.2) is 9.78 Å². The molecule has 0 aliphatic carbocycles. The number of fused-ring (bicyclic) bond motifs is 1. The summed E-state index contributed by atoms with van der Waals surface area (Å²) >= 11 is 3.91. The predicted octanol–water partition coefficient (Wildman–Crippen LogP) is 3.93. The predicted molar refractivity (Wildman–Crippen MR) is 117 cm³/mol. The van der Waals surface area contributed by atoms with Gasteiger partial charge >= 0.3 is 5.97 Å². The summed E-state index contributed by atoms with van der Waals surface area (Å²) in [5, 5.41) is 5.61. The summed E-state index contributed by atoms with van der Waals surface area (Å²) in [6, 6.07) is 7.78. The zero-order valence-electron chi connectivity index (χ0n) is 16.0. The molecule has 0 radical (unpaired) electrons. The molecule has 2 amide bonds. The van der Waals surface area contributed by atoms with Gasteiger partial charge in [-0.15, -0.1) is 22.7 Å². The largest absolute Gasteiger partial charge is 0.462 e. The third-order valence-electron chi connectivity index (χ3n) is 3.91. The highest BCUT2D eigenvalue weighted by atomic mass is 32.2. The Morgan fingerprint density at radius 3 is 2.66 bits per heavy atom. The first-order valence-electron chi connectivity index (χ1n) is 8.75. The third kappa shape index (κ3) is 4.77. The summed E-state index contributed by atoms with van der Waals surface area (Å²) < 4.78 is 6.94. The molecule has 0 aliphatic rings. The zero-order chi connectivity index (χ0) is 21.0. The lowest BCUT2D eigenvalue weighted by Gasteiger charge is -2.06. The van der Waals surface area contributed by atoms with Gasteiger partial charge in [0.05, 0.1) is 33.0 Å². The number of nitrogens with one attached hydrogen (secondary N) is 2. The molecule has 0 spiro atoms. The Hall–Kier alpha value is -2.43. The minimum absolute atomic E-state index is 0.133. The SMILES string of the molecule is CCOC(=O)c1c(NC(=O)CSc2nc3ccccc3s2)sc(C(=O)NC)c1C. The van der Waals surface area contributed by atoms with Crippen LogP contribution in [0.4, 0.5) is 5.00 Å². The van der Waals surface area contributed by atoms with E-state index < -0.39 is 5.97 Å². The second-order valence-corrected chi connectivity index (χ2v) is 9.12. The number of ether oxygens (including phenoxy) is 1. The first kappa shape index (κ1) is 21.3. The molecule has 0 saturated carbocycles. The number of carbonyl (C=O) groups excluding carboxylic acids is 3. The van der Waals surface area contributed by atoms with Gasteiger partial charge in [0.15, 0.2) is 4.34 Å². The first-order valence-corrected chi connectivity index (χ1v) is 11.4. The van der Waals surface area contributed by atoms with Crippen LogP contribution in [-0.2, 0) is 9.53 Å². The Morgan fingerprint density at radius 1 is 1.21 bits per heavy atom. The van der Waals surface area contributed by atoms with E-state index in [9.17, 15) is 14.4 Å². The minimum atomic E-state index is -0.564. The number of anilines is 1. The third-order valence-corrected chi connectivity index (χ3v) is 7.30. The number of hydrogen-bond acceptors (Lipinski definition) is 8. The summed E-state index contributed by atoms with van der Waals surface area (Å²) in [5.41, 5.74) is 1.60. The summed E-state index contributed by atoms with van der Waals surface area (Å²) in [4.78, 5) is 41.8. The van der Waals surface area contributed by atoms with Gasteiger partial charge in [-0.2, -0.15) is 0 Å². The van der Waals surface area contributed by atoms with Crippen molar-refractivity contribution in [1.29, 1.82) is 0 Å². The average Bonchev–Trinajstić information content (AvgIpc) is 3.26. The van der Waals surface area contributed by atoms with Gasteiger partial charge in [-0.3, -0.25) is 9.59 Å². The van der Waals surface area contributed by atoms with E-state index in [1.165, 1.54) is 30.1 Å². The molecule has 0 bridgehead atoms. The molecule has 152 valence electrons. The van der Waals surface area contributed by atoms with Gasteiger partial charge in [0.25, 0.3) is 5.91 Å². The number of hydrogen-bond donors (Lipinski definition) is 2.